The largest absolute Gasteiger partial charge is 0.497 e. The zero-order chi connectivity index (χ0) is 18.3. The van der Waals surface area contributed by atoms with Gasteiger partial charge in [-0.25, -0.2) is 0 Å². The second kappa shape index (κ2) is 6.19. The summed E-state index contributed by atoms with van der Waals surface area (Å²) in [5.74, 6) is 1.37. The first-order valence-electron chi connectivity index (χ1n) is 8.12. The van der Waals surface area contributed by atoms with E-state index in [9.17, 15) is 9.59 Å². The van der Waals surface area contributed by atoms with E-state index in [4.69, 9.17) is 14.2 Å². The first-order valence-corrected chi connectivity index (χ1v) is 8.12. The molecule has 5 heteroatoms. The summed E-state index contributed by atoms with van der Waals surface area (Å²) in [4.78, 5) is 25.6. The Hall–Kier alpha value is -3.34. The van der Waals surface area contributed by atoms with E-state index in [-0.39, 0.29) is 18.2 Å². The molecule has 1 heterocycles. The van der Waals surface area contributed by atoms with Crippen LogP contribution in [0.15, 0.2) is 59.7 Å². The quantitative estimate of drug-likeness (QED) is 0.850. The fourth-order valence-corrected chi connectivity index (χ4v) is 3.23. The van der Waals surface area contributed by atoms with Gasteiger partial charge >= 0.3 is 0 Å². The molecule has 0 spiro atoms. The van der Waals surface area contributed by atoms with Crippen LogP contribution in [0.2, 0.25) is 0 Å². The molecule has 0 radical (unpaired) electrons. The number of carbonyl (C=O) groups excluding carboxylic acids is 2. The van der Waals surface area contributed by atoms with E-state index in [1.165, 1.54) is 0 Å². The predicted molar refractivity (Wildman–Crippen MR) is 95.6 cm³/mol. The number of carbonyl (C=O) groups is 2. The van der Waals surface area contributed by atoms with Crippen LogP contribution >= 0.6 is 0 Å². The summed E-state index contributed by atoms with van der Waals surface area (Å²) in [6.45, 7) is 0.0421. The van der Waals surface area contributed by atoms with E-state index in [0.29, 0.717) is 45.1 Å². The van der Waals surface area contributed by atoms with Gasteiger partial charge in [0.2, 0.25) is 0 Å². The fraction of sp³-hybridized carbons (Fsp3) is 0.143. The Balaban J connectivity index is 1.84. The van der Waals surface area contributed by atoms with Gasteiger partial charge in [0, 0.05) is 22.3 Å². The van der Waals surface area contributed by atoms with Crippen LogP contribution in [0.1, 0.15) is 26.3 Å². The van der Waals surface area contributed by atoms with Gasteiger partial charge < -0.3 is 14.2 Å². The summed E-state index contributed by atoms with van der Waals surface area (Å²) in [6.07, 6.45) is 1.62. The zero-order valence-electron chi connectivity index (χ0n) is 14.4. The minimum absolute atomic E-state index is 0.0421. The molecule has 2 aromatic carbocycles. The van der Waals surface area contributed by atoms with Crippen molar-refractivity contribution in [1.29, 1.82) is 0 Å². The van der Waals surface area contributed by atoms with E-state index in [1.807, 2.05) is 0 Å². The number of ketones is 2. The number of ether oxygens (including phenoxy) is 3. The molecule has 1 aliphatic carbocycles. The molecule has 0 bridgehead atoms. The van der Waals surface area contributed by atoms with Crippen LogP contribution in [0.5, 0.6) is 11.5 Å². The monoisotopic (exact) mass is 348 g/mol. The van der Waals surface area contributed by atoms with Crippen LogP contribution in [-0.4, -0.2) is 32.4 Å². The molecule has 26 heavy (non-hydrogen) atoms. The Bertz CT molecular complexity index is 997. The predicted octanol–water partition coefficient (Wildman–Crippen LogP) is 3.45. The van der Waals surface area contributed by atoms with Crippen molar-refractivity contribution in [3.8, 4) is 11.5 Å². The summed E-state index contributed by atoms with van der Waals surface area (Å²) in [6, 6.07) is 12.2. The van der Waals surface area contributed by atoms with E-state index in [0.717, 1.165) is 0 Å². The summed E-state index contributed by atoms with van der Waals surface area (Å²) in [5.41, 5.74) is 2.28. The molecule has 0 saturated heterocycles. The molecular formula is C21H16O5. The maximum atomic E-state index is 12.9. The normalized spacial score (nSPS) is 15.7. The molecule has 0 saturated carbocycles. The van der Waals surface area contributed by atoms with E-state index in [2.05, 4.69) is 0 Å². The molecule has 0 unspecified atom stereocenters. The third-order valence-corrected chi connectivity index (χ3v) is 4.58. The SMILES string of the molecule is COc1ccc(OC)c(C2=CC3=C(CO2)C(=O)c2ccccc2C3=O)c1. The van der Waals surface area contributed by atoms with Crippen molar-refractivity contribution >= 4 is 17.3 Å². The van der Waals surface area contributed by atoms with Gasteiger partial charge in [-0.3, -0.25) is 9.59 Å². The lowest BCUT2D eigenvalue weighted by atomic mass is 9.83. The highest BCUT2D eigenvalue weighted by atomic mass is 16.5. The minimum atomic E-state index is -0.169. The van der Waals surface area contributed by atoms with Crippen LogP contribution < -0.4 is 9.47 Å². The molecule has 0 amide bonds. The van der Waals surface area contributed by atoms with E-state index >= 15 is 0 Å². The average molecular weight is 348 g/mol. The standard InChI is InChI=1S/C21H16O5/c1-24-12-7-8-18(25-2)16(9-12)19-10-15-17(11-26-19)21(23)14-6-4-3-5-13(14)20(15)22/h3-10H,11H2,1-2H3. The molecule has 0 N–H and O–H groups in total. The van der Waals surface area contributed by atoms with Crippen molar-refractivity contribution in [3.05, 3.63) is 76.4 Å². The number of benzene rings is 2. The smallest absolute Gasteiger partial charge is 0.194 e. The van der Waals surface area contributed by atoms with Crippen LogP contribution in [0, 0.1) is 0 Å². The van der Waals surface area contributed by atoms with Crippen molar-refractivity contribution in [3.63, 3.8) is 0 Å². The lowest BCUT2D eigenvalue weighted by Crippen LogP contribution is -2.26. The summed E-state index contributed by atoms with van der Waals surface area (Å²) in [5, 5.41) is 0. The molecule has 0 atom stereocenters. The molecule has 130 valence electrons. The van der Waals surface area contributed by atoms with Crippen molar-refractivity contribution in [2.45, 2.75) is 0 Å². The Morgan fingerprint density at radius 1 is 0.885 bits per heavy atom. The van der Waals surface area contributed by atoms with Crippen LogP contribution in [0.25, 0.3) is 5.76 Å². The van der Waals surface area contributed by atoms with Gasteiger partial charge in [0.15, 0.2) is 11.6 Å². The minimum Gasteiger partial charge on any atom is -0.497 e. The van der Waals surface area contributed by atoms with Crippen LogP contribution in [-0.2, 0) is 4.74 Å². The van der Waals surface area contributed by atoms with Gasteiger partial charge in [-0.15, -0.1) is 0 Å². The number of allylic oxidation sites excluding steroid dienone is 2. The molecular weight excluding hydrogens is 332 g/mol. The Morgan fingerprint density at radius 2 is 1.62 bits per heavy atom. The second-order valence-corrected chi connectivity index (χ2v) is 5.96. The van der Waals surface area contributed by atoms with E-state index < -0.39 is 0 Å². The summed E-state index contributed by atoms with van der Waals surface area (Å²) >= 11 is 0. The number of Topliss-reactive ketones (excluding diaryl/α,β-unsaturated/α-hetero) is 2. The lowest BCUT2D eigenvalue weighted by molar-refractivity contribution is 0.0961. The first-order chi connectivity index (χ1) is 12.6. The van der Waals surface area contributed by atoms with Gasteiger partial charge in [0.25, 0.3) is 0 Å². The number of hydrogen-bond donors (Lipinski definition) is 0. The summed E-state index contributed by atoms with van der Waals surface area (Å²) in [7, 11) is 3.13. The zero-order valence-corrected chi connectivity index (χ0v) is 14.4. The van der Waals surface area contributed by atoms with Gasteiger partial charge in [-0.2, -0.15) is 0 Å². The van der Waals surface area contributed by atoms with E-state index in [1.54, 1.807) is 62.8 Å². The number of rotatable bonds is 3. The average Bonchev–Trinajstić information content (AvgIpc) is 2.71. The van der Waals surface area contributed by atoms with Crippen molar-refractivity contribution in [2.24, 2.45) is 0 Å². The molecule has 2 aromatic rings. The first kappa shape index (κ1) is 16.1. The van der Waals surface area contributed by atoms with Gasteiger partial charge in [0.05, 0.1) is 19.8 Å². The molecule has 2 aliphatic rings. The third-order valence-electron chi connectivity index (χ3n) is 4.58. The van der Waals surface area contributed by atoms with Gasteiger partial charge in [-0.05, 0) is 24.3 Å². The maximum Gasteiger partial charge on any atom is 0.194 e. The van der Waals surface area contributed by atoms with Crippen molar-refractivity contribution in [1.82, 2.24) is 0 Å². The fourth-order valence-electron chi connectivity index (χ4n) is 3.23. The van der Waals surface area contributed by atoms with Crippen molar-refractivity contribution in [2.75, 3.05) is 20.8 Å². The molecule has 0 fully saturated rings. The molecule has 0 aromatic heterocycles. The molecule has 4 rings (SSSR count). The summed E-state index contributed by atoms with van der Waals surface area (Å²) < 4.78 is 16.5. The second-order valence-electron chi connectivity index (χ2n) is 5.96. The van der Waals surface area contributed by atoms with Crippen molar-refractivity contribution < 1.29 is 23.8 Å². The molecule has 5 nitrogen and oxygen atoms in total. The highest BCUT2D eigenvalue weighted by molar-refractivity contribution is 6.28. The highest BCUT2D eigenvalue weighted by Gasteiger charge is 2.34. The number of hydrogen-bond acceptors (Lipinski definition) is 5. The molecule has 1 aliphatic heterocycles. The lowest BCUT2D eigenvalue weighted by Gasteiger charge is -2.25. The topological polar surface area (TPSA) is 61.8 Å². The third kappa shape index (κ3) is 2.40. The Morgan fingerprint density at radius 3 is 2.31 bits per heavy atom. The number of methoxy groups -OCH3 is 2. The Labute approximate surface area is 150 Å². The van der Waals surface area contributed by atoms with Crippen LogP contribution in [0.4, 0.5) is 0 Å². The van der Waals surface area contributed by atoms with Crippen LogP contribution in [0.3, 0.4) is 0 Å². The highest BCUT2D eigenvalue weighted by Crippen LogP contribution is 2.37. The number of fused-ring (bicyclic) bond motifs is 1. The van der Waals surface area contributed by atoms with Gasteiger partial charge in [0.1, 0.15) is 23.9 Å². The maximum absolute atomic E-state index is 12.9. The van der Waals surface area contributed by atoms with Gasteiger partial charge in [-0.1, -0.05) is 24.3 Å². The Kier molecular flexibility index (Phi) is 3.84.